The van der Waals surface area contributed by atoms with E-state index >= 15 is 0 Å². The summed E-state index contributed by atoms with van der Waals surface area (Å²) in [5.74, 6) is 0.760. The Bertz CT molecular complexity index is 781. The molecule has 0 aromatic heterocycles. The number of carbonyl (C=O) groups is 1. The molecule has 132 valence electrons. The molecule has 1 amide bonds. The first-order chi connectivity index (χ1) is 11.8. The maximum atomic E-state index is 12.4. The van der Waals surface area contributed by atoms with E-state index in [4.69, 9.17) is 21.7 Å². The smallest absolute Gasteiger partial charge is 0.257 e. The van der Waals surface area contributed by atoms with Crippen molar-refractivity contribution in [1.82, 2.24) is 5.32 Å². The molecular formula is C17H17BrN2O4S. The van der Waals surface area contributed by atoms with E-state index in [0.29, 0.717) is 32.8 Å². The van der Waals surface area contributed by atoms with Gasteiger partial charge in [0.15, 0.2) is 5.11 Å². The van der Waals surface area contributed by atoms with E-state index in [0.717, 1.165) is 0 Å². The topological polar surface area (TPSA) is 79.8 Å². The normalized spacial score (nSPS) is 10.1. The molecule has 0 aliphatic rings. The average molecular weight is 425 g/mol. The lowest BCUT2D eigenvalue weighted by Gasteiger charge is -2.12. The molecule has 2 aromatic rings. The average Bonchev–Trinajstić information content (AvgIpc) is 2.58. The minimum absolute atomic E-state index is 0.128. The second kappa shape index (κ2) is 8.17. The number of hydrogen-bond donors (Lipinski definition) is 3. The van der Waals surface area contributed by atoms with Crippen LogP contribution in [0.5, 0.6) is 17.2 Å². The van der Waals surface area contributed by atoms with Crippen LogP contribution >= 0.6 is 28.1 Å². The van der Waals surface area contributed by atoms with Gasteiger partial charge in [0, 0.05) is 17.3 Å². The first-order valence-corrected chi connectivity index (χ1v) is 8.38. The Hall–Kier alpha value is -2.32. The van der Waals surface area contributed by atoms with Gasteiger partial charge in [-0.25, -0.2) is 0 Å². The molecule has 2 aromatic carbocycles. The highest BCUT2D eigenvalue weighted by Crippen LogP contribution is 2.30. The number of halogens is 1. The number of aromatic hydroxyl groups is 1. The standard InChI is InChI=1S/C17H17BrN2O4S/c1-9-4-11(7-14(18)15(9)21)19-17(25)20-16(22)10-5-12(23-2)8-13(6-10)24-3/h4-8,21H,1-3H3,(H2,19,20,22,25). The van der Waals surface area contributed by atoms with Gasteiger partial charge in [-0.2, -0.15) is 0 Å². The van der Waals surface area contributed by atoms with E-state index < -0.39 is 5.91 Å². The van der Waals surface area contributed by atoms with Crippen LogP contribution in [0, 0.1) is 6.92 Å². The third kappa shape index (κ3) is 4.83. The first-order valence-electron chi connectivity index (χ1n) is 7.18. The first kappa shape index (κ1) is 19.0. The summed E-state index contributed by atoms with van der Waals surface area (Å²) in [6.07, 6.45) is 0. The van der Waals surface area contributed by atoms with Crippen LogP contribution in [-0.2, 0) is 0 Å². The molecule has 2 rings (SSSR count). The van der Waals surface area contributed by atoms with E-state index in [-0.39, 0.29) is 10.9 Å². The van der Waals surface area contributed by atoms with E-state index in [1.807, 2.05) is 0 Å². The van der Waals surface area contributed by atoms with Gasteiger partial charge in [-0.3, -0.25) is 10.1 Å². The second-order valence-electron chi connectivity index (χ2n) is 5.13. The number of hydrogen-bond acceptors (Lipinski definition) is 5. The van der Waals surface area contributed by atoms with Crippen molar-refractivity contribution in [1.29, 1.82) is 0 Å². The molecular weight excluding hydrogens is 408 g/mol. The predicted molar refractivity (Wildman–Crippen MR) is 104 cm³/mol. The number of benzene rings is 2. The van der Waals surface area contributed by atoms with Crippen LogP contribution in [0.25, 0.3) is 0 Å². The summed E-state index contributed by atoms with van der Waals surface area (Å²) in [5.41, 5.74) is 1.66. The molecule has 0 unspecified atom stereocenters. The van der Waals surface area contributed by atoms with Crippen LogP contribution in [0.3, 0.4) is 0 Å². The van der Waals surface area contributed by atoms with Gasteiger partial charge < -0.3 is 19.9 Å². The number of aryl methyl sites for hydroxylation is 1. The van der Waals surface area contributed by atoms with Crippen molar-refractivity contribution in [2.45, 2.75) is 6.92 Å². The molecule has 0 saturated carbocycles. The van der Waals surface area contributed by atoms with Gasteiger partial charge in [0.05, 0.1) is 18.7 Å². The number of rotatable bonds is 4. The Morgan fingerprint density at radius 2 is 1.72 bits per heavy atom. The van der Waals surface area contributed by atoms with Crippen LogP contribution in [0.4, 0.5) is 5.69 Å². The van der Waals surface area contributed by atoms with Gasteiger partial charge in [0.2, 0.25) is 0 Å². The summed E-state index contributed by atoms with van der Waals surface area (Å²) >= 11 is 8.43. The minimum Gasteiger partial charge on any atom is -0.506 e. The number of anilines is 1. The Balaban J connectivity index is 2.11. The van der Waals surface area contributed by atoms with Gasteiger partial charge in [-0.05, 0) is 64.9 Å². The quantitative estimate of drug-likeness (QED) is 0.513. The molecule has 8 heteroatoms. The molecule has 0 spiro atoms. The van der Waals surface area contributed by atoms with Gasteiger partial charge in [-0.1, -0.05) is 0 Å². The van der Waals surface area contributed by atoms with Gasteiger partial charge >= 0.3 is 0 Å². The molecule has 0 aliphatic heterocycles. The molecule has 0 aliphatic carbocycles. The van der Waals surface area contributed by atoms with E-state index in [1.165, 1.54) is 14.2 Å². The number of ether oxygens (including phenoxy) is 2. The van der Waals surface area contributed by atoms with Crippen LogP contribution in [0.1, 0.15) is 15.9 Å². The molecule has 0 atom stereocenters. The molecule has 0 heterocycles. The molecule has 0 fully saturated rings. The number of nitrogens with one attached hydrogen (secondary N) is 2. The third-order valence-electron chi connectivity index (χ3n) is 3.35. The highest BCUT2D eigenvalue weighted by Gasteiger charge is 2.12. The highest BCUT2D eigenvalue weighted by molar-refractivity contribution is 9.10. The van der Waals surface area contributed by atoms with E-state index in [9.17, 15) is 9.90 Å². The van der Waals surface area contributed by atoms with Crippen molar-refractivity contribution in [3.05, 3.63) is 45.9 Å². The Morgan fingerprint density at radius 3 is 2.24 bits per heavy atom. The molecule has 25 heavy (non-hydrogen) atoms. The molecule has 0 radical (unpaired) electrons. The zero-order chi connectivity index (χ0) is 18.6. The Morgan fingerprint density at radius 1 is 1.12 bits per heavy atom. The largest absolute Gasteiger partial charge is 0.506 e. The maximum Gasteiger partial charge on any atom is 0.257 e. The number of carbonyl (C=O) groups excluding carboxylic acids is 1. The Kier molecular flexibility index (Phi) is 6.22. The van der Waals surface area contributed by atoms with Gasteiger partial charge in [0.25, 0.3) is 5.91 Å². The van der Waals surface area contributed by atoms with Gasteiger partial charge in [0.1, 0.15) is 17.2 Å². The van der Waals surface area contributed by atoms with Crippen molar-refractivity contribution in [3.8, 4) is 17.2 Å². The summed E-state index contributed by atoms with van der Waals surface area (Å²) in [6.45, 7) is 1.76. The molecule has 0 bridgehead atoms. The molecule has 3 N–H and O–H groups in total. The lowest BCUT2D eigenvalue weighted by Crippen LogP contribution is -2.34. The number of methoxy groups -OCH3 is 2. The fraction of sp³-hybridized carbons (Fsp3) is 0.176. The maximum absolute atomic E-state index is 12.4. The summed E-state index contributed by atoms with van der Waals surface area (Å²) < 4.78 is 10.8. The zero-order valence-corrected chi connectivity index (χ0v) is 16.2. The SMILES string of the molecule is COc1cc(OC)cc(C(=O)NC(=S)Nc2cc(C)c(O)c(Br)c2)c1. The van der Waals surface area contributed by atoms with Crippen LogP contribution in [-0.4, -0.2) is 30.3 Å². The summed E-state index contributed by atoms with van der Waals surface area (Å²) in [4.78, 5) is 12.4. The lowest BCUT2D eigenvalue weighted by molar-refractivity contribution is 0.0977. The number of phenols is 1. The Labute approximate surface area is 159 Å². The fourth-order valence-corrected chi connectivity index (χ4v) is 2.85. The van der Waals surface area contributed by atoms with Crippen molar-refractivity contribution >= 4 is 44.9 Å². The highest BCUT2D eigenvalue weighted by atomic mass is 79.9. The third-order valence-corrected chi connectivity index (χ3v) is 4.16. The van der Waals surface area contributed by atoms with Gasteiger partial charge in [-0.15, -0.1) is 0 Å². The monoisotopic (exact) mass is 424 g/mol. The van der Waals surface area contributed by atoms with E-state index in [2.05, 4.69) is 26.6 Å². The van der Waals surface area contributed by atoms with Crippen LogP contribution < -0.4 is 20.1 Å². The molecule has 0 saturated heterocycles. The summed E-state index contributed by atoms with van der Waals surface area (Å²) in [5, 5.41) is 15.4. The van der Waals surface area contributed by atoms with Crippen molar-refractivity contribution in [2.75, 3.05) is 19.5 Å². The van der Waals surface area contributed by atoms with Crippen LogP contribution in [0.2, 0.25) is 0 Å². The van der Waals surface area contributed by atoms with Crippen molar-refractivity contribution in [2.24, 2.45) is 0 Å². The summed E-state index contributed by atoms with van der Waals surface area (Å²) in [6, 6.07) is 8.22. The molecule has 6 nitrogen and oxygen atoms in total. The zero-order valence-electron chi connectivity index (χ0n) is 13.8. The summed E-state index contributed by atoms with van der Waals surface area (Å²) in [7, 11) is 3.02. The second-order valence-corrected chi connectivity index (χ2v) is 6.40. The fourth-order valence-electron chi connectivity index (χ4n) is 2.08. The van der Waals surface area contributed by atoms with E-state index in [1.54, 1.807) is 37.3 Å². The number of amides is 1. The lowest BCUT2D eigenvalue weighted by atomic mass is 10.2. The number of thiocarbonyl (C=S) groups is 1. The predicted octanol–water partition coefficient (Wildman–Crippen LogP) is 3.61. The van der Waals surface area contributed by atoms with Crippen molar-refractivity contribution < 1.29 is 19.4 Å². The number of phenolic OH excluding ortho intramolecular Hbond substituents is 1. The van der Waals surface area contributed by atoms with Crippen molar-refractivity contribution in [3.63, 3.8) is 0 Å². The minimum atomic E-state index is -0.399. The van der Waals surface area contributed by atoms with Crippen LogP contribution in [0.15, 0.2) is 34.8 Å².